The van der Waals surface area contributed by atoms with Crippen LogP contribution in [0.2, 0.25) is 0 Å². The normalized spacial score (nSPS) is 10.2. The Labute approximate surface area is 140 Å². The molecule has 0 unspecified atom stereocenters. The Kier molecular flexibility index (Phi) is 6.48. The summed E-state index contributed by atoms with van der Waals surface area (Å²) in [5.41, 5.74) is 3.44. The summed E-state index contributed by atoms with van der Waals surface area (Å²) in [7, 11) is 2.95. The van der Waals surface area contributed by atoms with Gasteiger partial charge in [-0.2, -0.15) is 0 Å². The first kappa shape index (κ1) is 17.7. The van der Waals surface area contributed by atoms with E-state index in [9.17, 15) is 9.59 Å². The molecule has 126 valence electrons. The Morgan fingerprint density at radius 3 is 1.33 bits per heavy atom. The van der Waals surface area contributed by atoms with Gasteiger partial charge in [-0.25, -0.2) is 0 Å². The monoisotopic (exact) mass is 328 g/mol. The molecule has 0 aliphatic carbocycles. The summed E-state index contributed by atoms with van der Waals surface area (Å²) in [6.07, 6.45) is 0. The molecule has 0 spiro atoms. The molecule has 6 heteroatoms. The van der Waals surface area contributed by atoms with Crippen molar-refractivity contribution >= 4 is 23.2 Å². The van der Waals surface area contributed by atoms with Crippen LogP contribution in [-0.2, 0) is 19.1 Å². The van der Waals surface area contributed by atoms with Gasteiger partial charge in [-0.1, -0.05) is 24.3 Å². The van der Waals surface area contributed by atoms with Crippen LogP contribution in [0.1, 0.15) is 0 Å². The number of ether oxygens (including phenoxy) is 2. The Bertz CT molecular complexity index is 620. The average molecular weight is 328 g/mol. The number of rotatable bonds is 7. The lowest BCUT2D eigenvalue weighted by Gasteiger charge is -2.08. The Hall–Kier alpha value is -2.70. The van der Waals surface area contributed by atoms with Crippen molar-refractivity contribution < 1.29 is 19.1 Å². The largest absolute Gasteiger partial charge is 0.375 e. The highest BCUT2D eigenvalue weighted by molar-refractivity contribution is 5.92. The van der Waals surface area contributed by atoms with Crippen LogP contribution >= 0.6 is 0 Å². The minimum absolute atomic E-state index is 0.0258. The third kappa shape index (κ3) is 5.19. The standard InChI is InChI=1S/C18H20N2O4/c1-23-11-17(21)19-15-7-3-13(4-8-15)14-5-9-16(10-6-14)20-18(22)12-24-2/h3-10H,11-12H2,1-2H3,(H,19,21)(H,20,22). The summed E-state index contributed by atoms with van der Waals surface area (Å²) in [5, 5.41) is 5.48. The molecule has 0 saturated carbocycles. The first-order valence-electron chi connectivity index (χ1n) is 7.40. The van der Waals surface area contributed by atoms with E-state index in [2.05, 4.69) is 10.6 Å². The highest BCUT2D eigenvalue weighted by Crippen LogP contribution is 2.23. The van der Waals surface area contributed by atoms with Gasteiger partial charge < -0.3 is 20.1 Å². The van der Waals surface area contributed by atoms with Crippen molar-refractivity contribution in [3.8, 4) is 11.1 Å². The molecule has 2 rings (SSSR count). The summed E-state index contributed by atoms with van der Waals surface area (Å²) in [6.45, 7) is 0.0516. The molecule has 0 saturated heterocycles. The summed E-state index contributed by atoms with van der Waals surface area (Å²) in [4.78, 5) is 22.9. The van der Waals surface area contributed by atoms with E-state index in [0.29, 0.717) is 11.4 Å². The molecule has 0 aromatic heterocycles. The highest BCUT2D eigenvalue weighted by atomic mass is 16.5. The van der Waals surface area contributed by atoms with Crippen molar-refractivity contribution in [2.75, 3.05) is 38.1 Å². The van der Waals surface area contributed by atoms with E-state index in [1.807, 2.05) is 48.5 Å². The lowest BCUT2D eigenvalue weighted by Crippen LogP contribution is -2.17. The molecule has 0 aliphatic heterocycles. The van der Waals surface area contributed by atoms with Crippen molar-refractivity contribution in [3.05, 3.63) is 48.5 Å². The molecule has 0 aliphatic rings. The van der Waals surface area contributed by atoms with Crippen LogP contribution < -0.4 is 10.6 Å². The van der Waals surface area contributed by atoms with Gasteiger partial charge in [0.2, 0.25) is 11.8 Å². The summed E-state index contributed by atoms with van der Waals surface area (Å²) in [6, 6.07) is 15.0. The average Bonchev–Trinajstić information content (AvgIpc) is 2.57. The third-order valence-electron chi connectivity index (χ3n) is 3.22. The molecule has 6 nitrogen and oxygen atoms in total. The molecule has 0 fully saturated rings. The second-order valence-electron chi connectivity index (χ2n) is 5.12. The minimum atomic E-state index is -0.193. The summed E-state index contributed by atoms with van der Waals surface area (Å²) in [5.74, 6) is -0.386. The van der Waals surface area contributed by atoms with E-state index in [1.165, 1.54) is 14.2 Å². The van der Waals surface area contributed by atoms with Crippen LogP contribution in [0.25, 0.3) is 11.1 Å². The lowest BCUT2D eigenvalue weighted by molar-refractivity contribution is -0.120. The number of anilines is 2. The number of carbonyl (C=O) groups excluding carboxylic acids is 2. The van der Waals surface area contributed by atoms with E-state index in [-0.39, 0.29) is 25.0 Å². The van der Waals surface area contributed by atoms with Crippen LogP contribution in [0, 0.1) is 0 Å². The van der Waals surface area contributed by atoms with E-state index in [1.54, 1.807) is 0 Å². The molecule has 2 amide bonds. The van der Waals surface area contributed by atoms with Gasteiger partial charge in [0.05, 0.1) is 0 Å². The SMILES string of the molecule is COCC(=O)Nc1ccc(-c2ccc(NC(=O)COC)cc2)cc1. The maximum Gasteiger partial charge on any atom is 0.250 e. The topological polar surface area (TPSA) is 76.7 Å². The molecule has 2 aromatic carbocycles. The summed E-state index contributed by atoms with van der Waals surface area (Å²) >= 11 is 0. The first-order chi connectivity index (χ1) is 11.6. The summed E-state index contributed by atoms with van der Waals surface area (Å²) < 4.78 is 9.55. The zero-order valence-electron chi connectivity index (χ0n) is 13.7. The van der Waals surface area contributed by atoms with Crippen LogP contribution in [0.3, 0.4) is 0 Å². The highest BCUT2D eigenvalue weighted by Gasteiger charge is 2.04. The van der Waals surface area contributed by atoms with Gasteiger partial charge in [0.1, 0.15) is 13.2 Å². The number of hydrogen-bond acceptors (Lipinski definition) is 4. The minimum Gasteiger partial charge on any atom is -0.375 e. The Morgan fingerprint density at radius 1 is 0.708 bits per heavy atom. The fourth-order valence-corrected chi connectivity index (χ4v) is 2.15. The van der Waals surface area contributed by atoms with Crippen LogP contribution in [0.4, 0.5) is 11.4 Å². The Morgan fingerprint density at radius 2 is 1.04 bits per heavy atom. The number of carbonyl (C=O) groups is 2. The number of amides is 2. The van der Waals surface area contributed by atoms with Crippen LogP contribution in [0.5, 0.6) is 0 Å². The molecular formula is C18H20N2O4. The van der Waals surface area contributed by atoms with Crippen molar-refractivity contribution in [1.82, 2.24) is 0 Å². The van der Waals surface area contributed by atoms with E-state index in [4.69, 9.17) is 9.47 Å². The second kappa shape index (κ2) is 8.81. The maximum absolute atomic E-state index is 11.5. The molecule has 0 atom stereocenters. The maximum atomic E-state index is 11.5. The van der Waals surface area contributed by atoms with Crippen molar-refractivity contribution in [1.29, 1.82) is 0 Å². The van der Waals surface area contributed by atoms with Gasteiger partial charge in [-0.05, 0) is 35.4 Å². The molecular weight excluding hydrogens is 308 g/mol. The van der Waals surface area contributed by atoms with E-state index in [0.717, 1.165) is 11.1 Å². The lowest BCUT2D eigenvalue weighted by atomic mass is 10.0. The van der Waals surface area contributed by atoms with Crippen molar-refractivity contribution in [2.45, 2.75) is 0 Å². The van der Waals surface area contributed by atoms with Crippen LogP contribution in [0.15, 0.2) is 48.5 Å². The van der Waals surface area contributed by atoms with Gasteiger partial charge >= 0.3 is 0 Å². The van der Waals surface area contributed by atoms with E-state index < -0.39 is 0 Å². The molecule has 24 heavy (non-hydrogen) atoms. The third-order valence-corrected chi connectivity index (χ3v) is 3.22. The van der Waals surface area contributed by atoms with Gasteiger partial charge in [0.15, 0.2) is 0 Å². The number of benzene rings is 2. The number of hydrogen-bond donors (Lipinski definition) is 2. The molecule has 2 N–H and O–H groups in total. The zero-order valence-corrected chi connectivity index (χ0v) is 13.7. The Balaban J connectivity index is 2.01. The quantitative estimate of drug-likeness (QED) is 0.819. The first-order valence-corrected chi connectivity index (χ1v) is 7.40. The van der Waals surface area contributed by atoms with Crippen molar-refractivity contribution in [2.24, 2.45) is 0 Å². The zero-order chi connectivity index (χ0) is 17.4. The van der Waals surface area contributed by atoms with Gasteiger partial charge in [-0.15, -0.1) is 0 Å². The fourth-order valence-electron chi connectivity index (χ4n) is 2.15. The van der Waals surface area contributed by atoms with Crippen LogP contribution in [-0.4, -0.2) is 39.2 Å². The van der Waals surface area contributed by atoms with E-state index >= 15 is 0 Å². The molecule has 0 heterocycles. The smallest absolute Gasteiger partial charge is 0.250 e. The predicted octanol–water partition coefficient (Wildman–Crippen LogP) is 2.52. The molecule has 0 bridgehead atoms. The van der Waals surface area contributed by atoms with Crippen molar-refractivity contribution in [3.63, 3.8) is 0 Å². The second-order valence-corrected chi connectivity index (χ2v) is 5.12. The van der Waals surface area contributed by atoms with Gasteiger partial charge in [0.25, 0.3) is 0 Å². The number of nitrogens with one attached hydrogen (secondary N) is 2. The number of methoxy groups -OCH3 is 2. The molecule has 0 radical (unpaired) electrons. The van der Waals surface area contributed by atoms with Gasteiger partial charge in [0, 0.05) is 25.6 Å². The fraction of sp³-hybridized carbons (Fsp3) is 0.222. The van der Waals surface area contributed by atoms with Gasteiger partial charge in [-0.3, -0.25) is 9.59 Å². The molecule has 2 aromatic rings. The predicted molar refractivity (Wildman–Crippen MR) is 92.9 cm³/mol.